The highest BCUT2D eigenvalue weighted by Crippen LogP contribution is 2.20. The number of carbonyl (C=O) groups excluding carboxylic acids is 1. The Morgan fingerprint density at radius 3 is 1.93 bits per heavy atom. The monoisotopic (exact) mass is 385 g/mol. The van der Waals surface area contributed by atoms with Gasteiger partial charge in [-0.25, -0.2) is 17.6 Å². The molecule has 3 rings (SSSR count). The first-order valence-corrected chi connectivity index (χ1v) is 9.43. The molecule has 0 heterocycles. The molecule has 0 atom stereocenters. The number of carbonyl (C=O) groups is 1. The molecule has 0 aliphatic carbocycles. The van der Waals surface area contributed by atoms with Crippen LogP contribution in [0.5, 0.6) is 0 Å². The summed E-state index contributed by atoms with van der Waals surface area (Å²) >= 11 is 0. The minimum absolute atomic E-state index is 0.0558. The molecule has 0 aliphatic heterocycles. The van der Waals surface area contributed by atoms with E-state index in [9.17, 15) is 17.6 Å². The van der Waals surface area contributed by atoms with Gasteiger partial charge in [0.15, 0.2) is 0 Å². The van der Waals surface area contributed by atoms with Crippen molar-refractivity contribution < 1.29 is 17.6 Å². The highest BCUT2D eigenvalue weighted by Gasteiger charge is 2.16. The van der Waals surface area contributed by atoms with Gasteiger partial charge in [-0.3, -0.25) is 4.72 Å². The number of hydrogen-bond donors (Lipinski definition) is 3. The fourth-order valence-corrected chi connectivity index (χ4v) is 3.35. The Balaban J connectivity index is 1.67. The zero-order valence-corrected chi connectivity index (χ0v) is 14.8. The number of anilines is 3. The molecule has 0 saturated heterocycles. The van der Waals surface area contributed by atoms with E-state index >= 15 is 0 Å². The van der Waals surface area contributed by atoms with E-state index in [0.29, 0.717) is 11.4 Å². The van der Waals surface area contributed by atoms with Crippen LogP contribution in [0.25, 0.3) is 0 Å². The molecule has 3 N–H and O–H groups in total. The van der Waals surface area contributed by atoms with Crippen LogP contribution < -0.4 is 15.4 Å². The maximum absolute atomic E-state index is 13.6. The van der Waals surface area contributed by atoms with Gasteiger partial charge in [-0.1, -0.05) is 30.3 Å². The van der Waals surface area contributed by atoms with E-state index in [1.165, 1.54) is 42.5 Å². The van der Waals surface area contributed by atoms with Gasteiger partial charge in [0.2, 0.25) is 0 Å². The van der Waals surface area contributed by atoms with Crippen molar-refractivity contribution in [3.63, 3.8) is 0 Å². The van der Waals surface area contributed by atoms with Gasteiger partial charge in [-0.05, 0) is 48.5 Å². The number of nitrogens with one attached hydrogen (secondary N) is 3. The topological polar surface area (TPSA) is 87.3 Å². The summed E-state index contributed by atoms with van der Waals surface area (Å²) < 4.78 is 40.5. The van der Waals surface area contributed by atoms with Crippen LogP contribution in [0.2, 0.25) is 0 Å². The minimum atomic E-state index is -3.95. The summed E-state index contributed by atoms with van der Waals surface area (Å²) in [6.07, 6.45) is 0. The Bertz CT molecular complexity index is 1040. The van der Waals surface area contributed by atoms with Crippen molar-refractivity contribution in [3.05, 3.63) is 84.7 Å². The second-order valence-electron chi connectivity index (χ2n) is 5.55. The predicted octanol–water partition coefficient (Wildman–Crippen LogP) is 4.27. The van der Waals surface area contributed by atoms with Crippen molar-refractivity contribution in [3.8, 4) is 0 Å². The third-order valence-corrected chi connectivity index (χ3v) is 4.95. The van der Waals surface area contributed by atoms with E-state index in [1.807, 2.05) is 6.07 Å². The highest BCUT2D eigenvalue weighted by atomic mass is 32.2. The fourth-order valence-electron chi connectivity index (χ4n) is 2.28. The molecule has 8 heteroatoms. The molecule has 0 spiro atoms. The van der Waals surface area contributed by atoms with Crippen LogP contribution in [0.3, 0.4) is 0 Å². The van der Waals surface area contributed by atoms with Crippen LogP contribution in [0.15, 0.2) is 83.8 Å². The normalized spacial score (nSPS) is 10.9. The lowest BCUT2D eigenvalue weighted by atomic mass is 10.3. The summed E-state index contributed by atoms with van der Waals surface area (Å²) in [5.74, 6) is -0.669. The third-order valence-electron chi connectivity index (χ3n) is 3.57. The SMILES string of the molecule is O=C(Nc1ccccc1)Nc1ccc(S(=O)(=O)Nc2ccccc2F)cc1. The summed E-state index contributed by atoms with van der Waals surface area (Å²) in [6, 6.07) is 19.5. The average molecular weight is 385 g/mol. The van der Waals surface area contributed by atoms with Gasteiger partial charge < -0.3 is 10.6 Å². The van der Waals surface area contributed by atoms with Crippen LogP contribution >= 0.6 is 0 Å². The standard InChI is InChI=1S/C19H16FN3O3S/c20-17-8-4-5-9-18(17)23-27(25,26)16-12-10-15(11-13-16)22-19(24)21-14-6-2-1-3-7-14/h1-13,23H,(H2,21,22,24). The van der Waals surface area contributed by atoms with Crippen molar-refractivity contribution >= 4 is 33.1 Å². The zero-order chi connectivity index (χ0) is 19.3. The molecule has 0 radical (unpaired) electrons. The van der Waals surface area contributed by atoms with E-state index in [0.717, 1.165) is 6.07 Å². The number of sulfonamides is 1. The van der Waals surface area contributed by atoms with Gasteiger partial charge in [0.25, 0.3) is 10.0 Å². The molecule has 0 fully saturated rings. The fraction of sp³-hybridized carbons (Fsp3) is 0. The molecular weight excluding hydrogens is 369 g/mol. The van der Waals surface area contributed by atoms with Crippen molar-refractivity contribution in [2.45, 2.75) is 4.90 Å². The van der Waals surface area contributed by atoms with E-state index < -0.39 is 21.9 Å². The second-order valence-corrected chi connectivity index (χ2v) is 7.24. The minimum Gasteiger partial charge on any atom is -0.308 e. The maximum Gasteiger partial charge on any atom is 0.323 e. The van der Waals surface area contributed by atoms with Crippen molar-refractivity contribution in [1.82, 2.24) is 0 Å². The van der Waals surface area contributed by atoms with Crippen molar-refractivity contribution in [2.24, 2.45) is 0 Å². The van der Waals surface area contributed by atoms with Crippen molar-refractivity contribution in [1.29, 1.82) is 0 Å². The molecule has 6 nitrogen and oxygen atoms in total. The molecule has 0 bridgehead atoms. The Labute approximate surface area is 156 Å². The number of hydrogen-bond acceptors (Lipinski definition) is 3. The second kappa shape index (κ2) is 7.88. The van der Waals surface area contributed by atoms with Gasteiger partial charge in [0.05, 0.1) is 10.6 Å². The molecule has 27 heavy (non-hydrogen) atoms. The van der Waals surface area contributed by atoms with Gasteiger partial charge >= 0.3 is 6.03 Å². The van der Waals surface area contributed by atoms with Crippen LogP contribution in [-0.4, -0.2) is 14.4 Å². The average Bonchev–Trinajstić information content (AvgIpc) is 2.65. The summed E-state index contributed by atoms with van der Waals surface area (Å²) in [6.45, 7) is 0. The molecule has 3 aromatic rings. The molecule has 0 saturated carbocycles. The first-order chi connectivity index (χ1) is 12.9. The summed E-state index contributed by atoms with van der Waals surface area (Å²) in [4.78, 5) is 11.9. The summed E-state index contributed by atoms with van der Waals surface area (Å²) in [5.41, 5.74) is 0.901. The Hall–Kier alpha value is -3.39. The maximum atomic E-state index is 13.6. The molecule has 0 aromatic heterocycles. The van der Waals surface area contributed by atoms with Crippen LogP contribution in [0, 0.1) is 5.82 Å². The molecule has 3 aromatic carbocycles. The van der Waals surface area contributed by atoms with Crippen LogP contribution in [-0.2, 0) is 10.0 Å². The van der Waals surface area contributed by atoms with Crippen LogP contribution in [0.4, 0.5) is 26.2 Å². The lowest BCUT2D eigenvalue weighted by molar-refractivity contribution is 0.262. The largest absolute Gasteiger partial charge is 0.323 e. The number of para-hydroxylation sites is 2. The summed E-state index contributed by atoms with van der Waals surface area (Å²) in [5, 5.41) is 5.25. The summed E-state index contributed by atoms with van der Waals surface area (Å²) in [7, 11) is -3.95. The first kappa shape index (κ1) is 18.4. The van der Waals surface area contributed by atoms with E-state index in [1.54, 1.807) is 24.3 Å². The van der Waals surface area contributed by atoms with Gasteiger partial charge in [0, 0.05) is 11.4 Å². The number of rotatable bonds is 5. The Morgan fingerprint density at radius 2 is 1.30 bits per heavy atom. The quantitative estimate of drug-likeness (QED) is 0.613. The molecule has 0 aliphatic rings. The third kappa shape index (κ3) is 4.83. The zero-order valence-electron chi connectivity index (χ0n) is 14.0. The van der Waals surface area contributed by atoms with Gasteiger partial charge in [-0.2, -0.15) is 0 Å². The van der Waals surface area contributed by atoms with Gasteiger partial charge in [0.1, 0.15) is 5.82 Å². The molecule has 2 amide bonds. The first-order valence-electron chi connectivity index (χ1n) is 7.94. The Kier molecular flexibility index (Phi) is 5.37. The number of amides is 2. The smallest absolute Gasteiger partial charge is 0.308 e. The number of benzene rings is 3. The van der Waals surface area contributed by atoms with Crippen molar-refractivity contribution in [2.75, 3.05) is 15.4 Å². The Morgan fingerprint density at radius 1 is 0.741 bits per heavy atom. The van der Waals surface area contributed by atoms with E-state index in [-0.39, 0.29) is 10.6 Å². The molecular formula is C19H16FN3O3S. The predicted molar refractivity (Wildman–Crippen MR) is 103 cm³/mol. The molecule has 0 unspecified atom stereocenters. The highest BCUT2D eigenvalue weighted by molar-refractivity contribution is 7.92. The molecule has 138 valence electrons. The number of halogens is 1. The lowest BCUT2D eigenvalue weighted by Crippen LogP contribution is -2.19. The van der Waals surface area contributed by atoms with E-state index in [2.05, 4.69) is 15.4 Å². The number of urea groups is 1. The van der Waals surface area contributed by atoms with Crippen LogP contribution in [0.1, 0.15) is 0 Å². The van der Waals surface area contributed by atoms with E-state index in [4.69, 9.17) is 0 Å². The lowest BCUT2D eigenvalue weighted by Gasteiger charge is -2.10. The van der Waals surface area contributed by atoms with Gasteiger partial charge in [-0.15, -0.1) is 0 Å².